The van der Waals surface area contributed by atoms with Crippen molar-refractivity contribution < 1.29 is 24.2 Å². The standard InChI is InChI=1S/C28H25BrN2O5/c29-24-13-30-10-9-23(24)28(36-16-26(32)33)12-17-11-25(28)31(14-17)27(34)35-15-22-20-7-3-1-5-18(20)19-6-2-4-8-21(19)22/h1-10,13,17,22,25H,11-12,14-16H2,(H,32,33). The van der Waals surface area contributed by atoms with E-state index in [0.29, 0.717) is 13.0 Å². The van der Waals surface area contributed by atoms with Crippen LogP contribution < -0.4 is 0 Å². The molecule has 1 aliphatic heterocycles. The van der Waals surface area contributed by atoms with Gasteiger partial charge in [-0.3, -0.25) is 4.98 Å². The Kier molecular flexibility index (Phi) is 5.80. The van der Waals surface area contributed by atoms with Crippen molar-refractivity contribution in [2.45, 2.75) is 30.4 Å². The molecule has 3 aliphatic rings. The molecular formula is C28H25BrN2O5. The van der Waals surface area contributed by atoms with Gasteiger partial charge in [0, 0.05) is 34.9 Å². The van der Waals surface area contributed by atoms with Gasteiger partial charge in [-0.2, -0.15) is 0 Å². The van der Waals surface area contributed by atoms with E-state index in [1.165, 1.54) is 11.1 Å². The first-order valence-corrected chi connectivity index (χ1v) is 12.8. The molecule has 1 N–H and O–H groups in total. The van der Waals surface area contributed by atoms with Crippen molar-refractivity contribution in [3.8, 4) is 11.1 Å². The summed E-state index contributed by atoms with van der Waals surface area (Å²) >= 11 is 3.56. The lowest BCUT2D eigenvalue weighted by Gasteiger charge is -2.43. The number of carbonyl (C=O) groups excluding carboxylic acids is 1. The summed E-state index contributed by atoms with van der Waals surface area (Å²) in [5, 5.41) is 9.36. The molecule has 1 amide bonds. The quantitative estimate of drug-likeness (QED) is 0.456. The Morgan fingerprint density at radius 3 is 2.42 bits per heavy atom. The lowest BCUT2D eigenvalue weighted by molar-refractivity contribution is -0.157. The minimum atomic E-state index is -1.05. The molecular weight excluding hydrogens is 524 g/mol. The number of amides is 1. The van der Waals surface area contributed by atoms with Gasteiger partial charge < -0.3 is 19.5 Å². The van der Waals surface area contributed by atoms with E-state index in [4.69, 9.17) is 9.47 Å². The Labute approximate surface area is 217 Å². The Morgan fingerprint density at radius 1 is 1.08 bits per heavy atom. The number of carboxylic acid groups (broad SMARTS) is 1. The number of fused-ring (bicyclic) bond motifs is 5. The van der Waals surface area contributed by atoms with Crippen LogP contribution in [0.4, 0.5) is 4.79 Å². The van der Waals surface area contributed by atoms with Gasteiger partial charge in [-0.1, -0.05) is 48.5 Å². The van der Waals surface area contributed by atoms with Crippen LogP contribution in [0.25, 0.3) is 11.1 Å². The van der Waals surface area contributed by atoms with Crippen molar-refractivity contribution in [1.82, 2.24) is 9.88 Å². The van der Waals surface area contributed by atoms with Crippen molar-refractivity contribution in [3.05, 3.63) is 88.2 Å². The Balaban J connectivity index is 1.25. The van der Waals surface area contributed by atoms with Crippen molar-refractivity contribution in [3.63, 3.8) is 0 Å². The van der Waals surface area contributed by atoms with Gasteiger partial charge in [0.15, 0.2) is 0 Å². The molecule has 1 saturated heterocycles. The largest absolute Gasteiger partial charge is 0.480 e. The second kappa shape index (κ2) is 9.01. The molecule has 8 heteroatoms. The summed E-state index contributed by atoms with van der Waals surface area (Å²) in [5.74, 6) is -0.872. The molecule has 7 nitrogen and oxygen atoms in total. The highest BCUT2D eigenvalue weighted by molar-refractivity contribution is 9.10. The number of rotatable bonds is 6. The topological polar surface area (TPSA) is 89.0 Å². The van der Waals surface area contributed by atoms with Crippen LogP contribution >= 0.6 is 15.9 Å². The first-order valence-electron chi connectivity index (χ1n) is 12.1. The first kappa shape index (κ1) is 23.2. The zero-order chi connectivity index (χ0) is 24.9. The maximum atomic E-state index is 13.5. The zero-order valence-electron chi connectivity index (χ0n) is 19.5. The van der Waals surface area contributed by atoms with E-state index in [1.54, 1.807) is 17.3 Å². The smallest absolute Gasteiger partial charge is 0.410 e. The molecule has 2 aliphatic carbocycles. The van der Waals surface area contributed by atoms with E-state index in [9.17, 15) is 14.7 Å². The van der Waals surface area contributed by atoms with Gasteiger partial charge in [-0.25, -0.2) is 9.59 Å². The Hall–Kier alpha value is -3.23. The lowest BCUT2D eigenvalue weighted by Crippen LogP contribution is -2.53. The minimum Gasteiger partial charge on any atom is -0.480 e. The fraction of sp³-hybridized carbons (Fsp3) is 0.321. The molecule has 0 spiro atoms. The summed E-state index contributed by atoms with van der Waals surface area (Å²) in [5.41, 5.74) is 4.55. The van der Waals surface area contributed by atoms with Crippen molar-refractivity contribution in [1.29, 1.82) is 0 Å². The van der Waals surface area contributed by atoms with Gasteiger partial charge in [-0.05, 0) is 63.0 Å². The Bertz CT molecular complexity index is 1300. The molecule has 2 bridgehead atoms. The Morgan fingerprint density at radius 2 is 1.78 bits per heavy atom. The number of aromatic nitrogens is 1. The van der Waals surface area contributed by atoms with Crippen molar-refractivity contribution >= 4 is 28.0 Å². The third kappa shape index (κ3) is 3.71. The van der Waals surface area contributed by atoms with E-state index >= 15 is 0 Å². The monoisotopic (exact) mass is 548 g/mol. The normalized spacial score (nSPS) is 24.0. The molecule has 184 valence electrons. The molecule has 3 aromatic rings. The fourth-order valence-corrected chi connectivity index (χ4v) is 6.97. The van der Waals surface area contributed by atoms with Crippen LogP contribution in [0.5, 0.6) is 0 Å². The van der Waals surface area contributed by atoms with E-state index in [0.717, 1.165) is 27.6 Å². The second-order valence-electron chi connectivity index (χ2n) is 9.71. The van der Waals surface area contributed by atoms with Crippen LogP contribution in [-0.4, -0.2) is 52.9 Å². The third-order valence-electron chi connectivity index (χ3n) is 7.77. The van der Waals surface area contributed by atoms with Gasteiger partial charge in [0.25, 0.3) is 0 Å². The molecule has 36 heavy (non-hydrogen) atoms. The molecule has 3 unspecified atom stereocenters. The maximum absolute atomic E-state index is 13.5. The zero-order valence-corrected chi connectivity index (χ0v) is 21.1. The summed E-state index contributed by atoms with van der Waals surface area (Å²) in [6.07, 6.45) is 4.32. The number of hydrogen-bond donors (Lipinski definition) is 1. The van der Waals surface area contributed by atoms with E-state index in [1.807, 2.05) is 30.3 Å². The average Bonchev–Trinajstić information content (AvgIpc) is 3.57. The number of benzene rings is 2. The first-order chi connectivity index (χ1) is 17.5. The van der Waals surface area contributed by atoms with Crippen LogP contribution in [-0.2, 0) is 19.9 Å². The summed E-state index contributed by atoms with van der Waals surface area (Å²) in [6, 6.07) is 18.0. The van der Waals surface area contributed by atoms with Gasteiger partial charge in [0.1, 0.15) is 18.8 Å². The molecule has 6 rings (SSSR count). The predicted molar refractivity (Wildman–Crippen MR) is 135 cm³/mol. The SMILES string of the molecule is O=C(O)COC1(c2ccncc2Br)CC2CC1N(C(=O)OCC1c3ccccc3-c3ccccc31)C2. The number of likely N-dealkylation sites (tertiary alicyclic amines) is 1. The average molecular weight is 549 g/mol. The number of nitrogens with zero attached hydrogens (tertiary/aromatic N) is 2. The minimum absolute atomic E-state index is 0.0245. The van der Waals surface area contributed by atoms with Gasteiger partial charge in [-0.15, -0.1) is 0 Å². The van der Waals surface area contributed by atoms with Crippen LogP contribution in [0, 0.1) is 5.92 Å². The van der Waals surface area contributed by atoms with E-state index in [2.05, 4.69) is 45.2 Å². The molecule has 0 radical (unpaired) electrons. The molecule has 2 aromatic carbocycles. The summed E-state index contributed by atoms with van der Waals surface area (Å²) in [7, 11) is 0. The van der Waals surface area contributed by atoms with E-state index < -0.39 is 24.3 Å². The highest BCUT2D eigenvalue weighted by Crippen LogP contribution is 2.54. The van der Waals surface area contributed by atoms with Crippen LogP contribution in [0.3, 0.4) is 0 Å². The maximum Gasteiger partial charge on any atom is 0.410 e. The number of hydrogen-bond acceptors (Lipinski definition) is 5. The molecule has 2 heterocycles. The van der Waals surface area contributed by atoms with Gasteiger partial charge >= 0.3 is 12.1 Å². The highest BCUT2D eigenvalue weighted by Gasteiger charge is 2.59. The summed E-state index contributed by atoms with van der Waals surface area (Å²) in [6.45, 7) is 0.363. The summed E-state index contributed by atoms with van der Waals surface area (Å²) in [4.78, 5) is 30.8. The third-order valence-corrected chi connectivity index (χ3v) is 8.40. The predicted octanol–water partition coefficient (Wildman–Crippen LogP) is 5.18. The van der Waals surface area contributed by atoms with Gasteiger partial charge in [0.2, 0.25) is 0 Å². The van der Waals surface area contributed by atoms with Crippen LogP contribution in [0.1, 0.15) is 35.4 Å². The van der Waals surface area contributed by atoms with E-state index in [-0.39, 0.29) is 24.5 Å². The molecule has 2 fully saturated rings. The molecule has 3 atom stereocenters. The summed E-state index contributed by atoms with van der Waals surface area (Å²) < 4.78 is 12.8. The number of pyridine rings is 1. The molecule has 1 aromatic heterocycles. The van der Waals surface area contributed by atoms with Crippen LogP contribution in [0.15, 0.2) is 71.5 Å². The number of carboxylic acids is 1. The second-order valence-corrected chi connectivity index (χ2v) is 10.6. The van der Waals surface area contributed by atoms with Gasteiger partial charge in [0.05, 0.1) is 6.04 Å². The number of carbonyl (C=O) groups is 2. The van der Waals surface area contributed by atoms with Crippen molar-refractivity contribution in [2.75, 3.05) is 19.8 Å². The molecule has 1 saturated carbocycles. The van der Waals surface area contributed by atoms with Crippen LogP contribution in [0.2, 0.25) is 0 Å². The lowest BCUT2D eigenvalue weighted by atomic mass is 9.85. The number of ether oxygens (including phenoxy) is 2. The number of aliphatic carboxylic acids is 1. The fourth-order valence-electron chi connectivity index (χ4n) is 6.39. The number of halogens is 1. The number of piperidine rings is 1. The highest BCUT2D eigenvalue weighted by atomic mass is 79.9. The van der Waals surface area contributed by atoms with Crippen molar-refractivity contribution in [2.24, 2.45) is 5.92 Å².